The third-order valence-corrected chi connectivity index (χ3v) is 6.07. The Morgan fingerprint density at radius 1 is 1.12 bits per heavy atom. The second-order valence-electron chi connectivity index (χ2n) is 7.68. The smallest absolute Gasteiger partial charge is 0.305 e. The number of carbonyl (C=O) groups excluding carboxylic acids is 2. The number of unbranched alkanes of at least 4 members (excludes halogenated alkanes) is 1. The second kappa shape index (κ2) is 6.75. The van der Waals surface area contributed by atoms with Gasteiger partial charge in [-0.3, -0.25) is 9.59 Å². The van der Waals surface area contributed by atoms with Crippen LogP contribution in [0.5, 0.6) is 0 Å². The van der Waals surface area contributed by atoms with Crippen LogP contribution in [0.25, 0.3) is 10.8 Å². The Bertz CT molecular complexity index is 846. The van der Waals surface area contributed by atoms with E-state index in [0.29, 0.717) is 25.2 Å². The minimum atomic E-state index is -0.199. The first kappa shape index (κ1) is 17.1. The standard InChI is InChI=1S/C22H25NO3/c1-26-21(25)9-5-4-8-20(24)23-14-19-13-22(19,15-23)18-11-10-16-6-2-3-7-17(16)12-18/h2-3,6-7,10-12,19H,4-5,8-9,13-15H2,1H3/t19-,22+/m1/s1. The van der Waals surface area contributed by atoms with Crippen LogP contribution in [0.15, 0.2) is 42.5 Å². The predicted molar refractivity (Wildman–Crippen MR) is 101 cm³/mol. The maximum absolute atomic E-state index is 12.5. The number of methoxy groups -OCH3 is 1. The number of likely N-dealkylation sites (tertiary alicyclic amines) is 1. The van der Waals surface area contributed by atoms with Gasteiger partial charge in [0.25, 0.3) is 0 Å². The fourth-order valence-corrected chi connectivity index (χ4v) is 4.42. The van der Waals surface area contributed by atoms with E-state index in [0.717, 1.165) is 19.5 Å². The topological polar surface area (TPSA) is 46.6 Å². The Labute approximate surface area is 154 Å². The fraction of sp³-hybridized carbons (Fsp3) is 0.455. The third kappa shape index (κ3) is 3.09. The maximum Gasteiger partial charge on any atom is 0.305 e. The molecule has 136 valence electrons. The number of carbonyl (C=O) groups is 2. The highest BCUT2D eigenvalue weighted by atomic mass is 16.5. The van der Waals surface area contributed by atoms with Crippen molar-refractivity contribution in [1.29, 1.82) is 0 Å². The molecule has 2 atom stereocenters. The number of rotatable bonds is 6. The van der Waals surface area contributed by atoms with E-state index in [-0.39, 0.29) is 17.3 Å². The quantitative estimate of drug-likeness (QED) is 0.589. The molecule has 0 bridgehead atoms. The lowest BCUT2D eigenvalue weighted by atomic mass is 9.93. The summed E-state index contributed by atoms with van der Waals surface area (Å²) < 4.78 is 4.64. The zero-order valence-electron chi connectivity index (χ0n) is 15.2. The molecular weight excluding hydrogens is 326 g/mol. The molecule has 0 N–H and O–H groups in total. The van der Waals surface area contributed by atoms with Gasteiger partial charge in [-0.05, 0) is 41.5 Å². The molecule has 1 aliphatic carbocycles. The number of esters is 1. The van der Waals surface area contributed by atoms with E-state index < -0.39 is 0 Å². The minimum Gasteiger partial charge on any atom is -0.469 e. The van der Waals surface area contributed by atoms with E-state index in [1.54, 1.807) is 0 Å². The molecule has 4 nitrogen and oxygen atoms in total. The van der Waals surface area contributed by atoms with Crippen LogP contribution in [0.3, 0.4) is 0 Å². The van der Waals surface area contributed by atoms with Crippen LogP contribution in [0, 0.1) is 5.92 Å². The summed E-state index contributed by atoms with van der Waals surface area (Å²) in [5.74, 6) is 0.625. The Morgan fingerprint density at radius 3 is 2.69 bits per heavy atom. The van der Waals surface area contributed by atoms with Crippen LogP contribution in [0.4, 0.5) is 0 Å². The van der Waals surface area contributed by atoms with Crippen molar-refractivity contribution in [3.05, 3.63) is 48.0 Å². The molecule has 4 rings (SSSR count). The lowest BCUT2D eigenvalue weighted by molar-refractivity contribution is -0.141. The average molecular weight is 351 g/mol. The van der Waals surface area contributed by atoms with Gasteiger partial charge in [-0.1, -0.05) is 42.5 Å². The number of hydrogen-bond donors (Lipinski definition) is 0. The number of fused-ring (bicyclic) bond motifs is 2. The predicted octanol–water partition coefficient (Wildman–Crippen LogP) is 3.67. The van der Waals surface area contributed by atoms with Gasteiger partial charge in [0.2, 0.25) is 5.91 Å². The van der Waals surface area contributed by atoms with E-state index >= 15 is 0 Å². The van der Waals surface area contributed by atoms with E-state index in [2.05, 4.69) is 47.2 Å². The van der Waals surface area contributed by atoms with Crippen molar-refractivity contribution in [2.75, 3.05) is 20.2 Å². The van der Waals surface area contributed by atoms with Crippen molar-refractivity contribution in [3.8, 4) is 0 Å². The van der Waals surface area contributed by atoms with Crippen LogP contribution < -0.4 is 0 Å². The molecular formula is C22H25NO3. The summed E-state index contributed by atoms with van der Waals surface area (Å²) in [6.07, 6.45) is 3.58. The molecule has 2 aromatic rings. The van der Waals surface area contributed by atoms with Crippen LogP contribution in [0.1, 0.15) is 37.7 Å². The molecule has 0 spiro atoms. The van der Waals surface area contributed by atoms with Crippen molar-refractivity contribution < 1.29 is 14.3 Å². The molecule has 2 fully saturated rings. The van der Waals surface area contributed by atoms with Crippen molar-refractivity contribution in [3.63, 3.8) is 0 Å². The third-order valence-electron chi connectivity index (χ3n) is 6.07. The number of ether oxygens (including phenoxy) is 1. The van der Waals surface area contributed by atoms with Gasteiger partial charge in [0.1, 0.15) is 0 Å². The molecule has 0 radical (unpaired) electrons. The maximum atomic E-state index is 12.5. The zero-order chi connectivity index (χ0) is 18.1. The molecule has 0 unspecified atom stereocenters. The molecule has 1 saturated heterocycles. The molecule has 1 heterocycles. The lowest BCUT2D eigenvalue weighted by Crippen LogP contribution is -2.32. The summed E-state index contributed by atoms with van der Waals surface area (Å²) in [7, 11) is 1.40. The number of nitrogens with zero attached hydrogens (tertiary/aromatic N) is 1. The molecule has 2 aromatic carbocycles. The van der Waals surface area contributed by atoms with Gasteiger partial charge in [-0.2, -0.15) is 0 Å². The van der Waals surface area contributed by atoms with Crippen molar-refractivity contribution in [1.82, 2.24) is 4.90 Å². The van der Waals surface area contributed by atoms with E-state index in [1.165, 1.54) is 29.9 Å². The molecule has 1 amide bonds. The summed E-state index contributed by atoms with van der Waals surface area (Å²) >= 11 is 0. The highest BCUT2D eigenvalue weighted by Crippen LogP contribution is 2.59. The first-order valence-electron chi connectivity index (χ1n) is 9.46. The van der Waals surface area contributed by atoms with Crippen LogP contribution in [-0.2, 0) is 19.7 Å². The first-order chi connectivity index (χ1) is 12.6. The Morgan fingerprint density at radius 2 is 1.88 bits per heavy atom. The number of benzene rings is 2. The number of hydrogen-bond acceptors (Lipinski definition) is 3. The van der Waals surface area contributed by atoms with Crippen molar-refractivity contribution >= 4 is 22.6 Å². The summed E-state index contributed by atoms with van der Waals surface area (Å²) in [4.78, 5) is 25.7. The molecule has 0 aromatic heterocycles. The highest BCUT2D eigenvalue weighted by Gasteiger charge is 2.61. The summed E-state index contributed by atoms with van der Waals surface area (Å²) in [6, 6.07) is 15.2. The van der Waals surface area contributed by atoms with E-state index in [9.17, 15) is 9.59 Å². The van der Waals surface area contributed by atoms with Gasteiger partial charge in [0.05, 0.1) is 7.11 Å². The van der Waals surface area contributed by atoms with Gasteiger partial charge in [0.15, 0.2) is 0 Å². The van der Waals surface area contributed by atoms with Gasteiger partial charge in [0, 0.05) is 31.3 Å². The van der Waals surface area contributed by atoms with Gasteiger partial charge >= 0.3 is 5.97 Å². The monoisotopic (exact) mass is 351 g/mol. The first-order valence-corrected chi connectivity index (χ1v) is 9.46. The Kier molecular flexibility index (Phi) is 4.43. The average Bonchev–Trinajstić information content (AvgIpc) is 3.25. The minimum absolute atomic E-state index is 0.172. The van der Waals surface area contributed by atoms with Crippen molar-refractivity contribution in [2.45, 2.75) is 37.5 Å². The van der Waals surface area contributed by atoms with Gasteiger partial charge in [-0.15, -0.1) is 0 Å². The summed E-state index contributed by atoms with van der Waals surface area (Å²) in [6.45, 7) is 1.72. The normalized spacial score (nSPS) is 23.7. The fourth-order valence-electron chi connectivity index (χ4n) is 4.42. The number of amides is 1. The Balaban J connectivity index is 1.37. The molecule has 2 aliphatic rings. The molecule has 1 aliphatic heterocycles. The van der Waals surface area contributed by atoms with E-state index in [1.807, 2.05) is 4.90 Å². The Hall–Kier alpha value is -2.36. The summed E-state index contributed by atoms with van der Waals surface area (Å²) in [5, 5.41) is 2.54. The molecule has 26 heavy (non-hydrogen) atoms. The van der Waals surface area contributed by atoms with Gasteiger partial charge < -0.3 is 9.64 Å². The molecule has 4 heteroatoms. The van der Waals surface area contributed by atoms with Crippen LogP contribution >= 0.6 is 0 Å². The largest absolute Gasteiger partial charge is 0.469 e. The second-order valence-corrected chi connectivity index (χ2v) is 7.68. The zero-order valence-corrected chi connectivity index (χ0v) is 15.2. The lowest BCUT2D eigenvalue weighted by Gasteiger charge is -2.21. The SMILES string of the molecule is COC(=O)CCCCC(=O)N1C[C@H]2C[C@@]2(c2ccc3ccccc3c2)C1. The highest BCUT2D eigenvalue weighted by molar-refractivity contribution is 5.84. The van der Waals surface area contributed by atoms with E-state index in [4.69, 9.17) is 0 Å². The van der Waals surface area contributed by atoms with Crippen LogP contribution in [-0.4, -0.2) is 37.0 Å². The summed E-state index contributed by atoms with van der Waals surface area (Å²) in [5.41, 5.74) is 1.55. The van der Waals surface area contributed by atoms with Gasteiger partial charge in [-0.25, -0.2) is 0 Å². The van der Waals surface area contributed by atoms with Crippen LogP contribution in [0.2, 0.25) is 0 Å². The number of piperidine rings is 1. The molecule has 1 saturated carbocycles. The van der Waals surface area contributed by atoms with Crippen molar-refractivity contribution in [2.24, 2.45) is 5.92 Å².